The molecule has 1 fully saturated rings. The maximum Gasteiger partial charge on any atom is 0.144 e. The van der Waals surface area contributed by atoms with Gasteiger partial charge in [0.2, 0.25) is 0 Å². The number of piperidine rings is 1. The molecule has 0 spiro atoms. The van der Waals surface area contributed by atoms with Gasteiger partial charge in [0, 0.05) is 36.8 Å². The van der Waals surface area contributed by atoms with Crippen molar-refractivity contribution in [3.05, 3.63) is 67.5 Å². The summed E-state index contributed by atoms with van der Waals surface area (Å²) in [7, 11) is 2.11. The summed E-state index contributed by atoms with van der Waals surface area (Å²) in [5, 5.41) is 3.40. The Balaban J connectivity index is 2.09. The summed E-state index contributed by atoms with van der Waals surface area (Å²) in [4.78, 5) is 11.3. The molecule has 2 rings (SSSR count). The molecule has 1 N–H and O–H groups in total. The number of aliphatic imine (C=N–C) groups is 1. The number of nitrogens with zero attached hydrogens (tertiary/aromatic N) is 4. The molecule has 150 valence electrons. The number of nitrogens with one attached hydrogen (secondary N) is 1. The van der Waals surface area contributed by atoms with Gasteiger partial charge in [0.25, 0.3) is 0 Å². The van der Waals surface area contributed by atoms with E-state index in [0.717, 1.165) is 60.0 Å². The molecule has 5 heteroatoms. The zero-order valence-corrected chi connectivity index (χ0v) is 17.8. The van der Waals surface area contributed by atoms with E-state index in [4.69, 9.17) is 0 Å². The highest BCUT2D eigenvalue weighted by atomic mass is 15.2. The first-order valence-corrected chi connectivity index (χ1v) is 9.66. The minimum Gasteiger partial charge on any atom is -0.360 e. The number of amidine groups is 1. The first-order valence-electron chi connectivity index (χ1n) is 9.66. The van der Waals surface area contributed by atoms with Gasteiger partial charge in [-0.2, -0.15) is 0 Å². The molecule has 5 nitrogen and oxygen atoms in total. The van der Waals surface area contributed by atoms with Crippen LogP contribution in [0.25, 0.3) is 11.3 Å². The summed E-state index contributed by atoms with van der Waals surface area (Å²) < 4.78 is 1.91. The van der Waals surface area contributed by atoms with Crippen molar-refractivity contribution in [3.8, 4) is 0 Å². The van der Waals surface area contributed by atoms with Crippen LogP contribution in [0.4, 0.5) is 0 Å². The maximum atomic E-state index is 4.69. The highest BCUT2D eigenvalue weighted by Gasteiger charge is 2.18. The predicted molar refractivity (Wildman–Crippen MR) is 121 cm³/mol. The lowest BCUT2D eigenvalue weighted by atomic mass is 10.0. The third kappa shape index (κ3) is 5.20. The van der Waals surface area contributed by atoms with Crippen LogP contribution in [0.5, 0.6) is 0 Å². The molecule has 28 heavy (non-hydrogen) atoms. The number of rotatable bonds is 7. The van der Waals surface area contributed by atoms with Gasteiger partial charge in [0.1, 0.15) is 11.7 Å². The van der Waals surface area contributed by atoms with E-state index in [2.05, 4.69) is 53.6 Å². The summed E-state index contributed by atoms with van der Waals surface area (Å²) in [6.07, 6.45) is 7.83. The van der Waals surface area contributed by atoms with Crippen molar-refractivity contribution in [3.63, 3.8) is 0 Å². The van der Waals surface area contributed by atoms with Gasteiger partial charge in [-0.3, -0.25) is 0 Å². The Hall–Kier alpha value is -2.66. The average Bonchev–Trinajstić information content (AvgIpc) is 3.16. The number of hydrogen-bond acceptors (Lipinski definition) is 3. The van der Waals surface area contributed by atoms with Crippen LogP contribution in [0.2, 0.25) is 0 Å². The first-order chi connectivity index (χ1) is 13.2. The highest BCUT2D eigenvalue weighted by molar-refractivity contribution is 5.82. The van der Waals surface area contributed by atoms with E-state index in [1.807, 2.05) is 37.6 Å². The van der Waals surface area contributed by atoms with Crippen LogP contribution in [0.1, 0.15) is 39.4 Å². The molecule has 0 radical (unpaired) electrons. The molecule has 2 heterocycles. The van der Waals surface area contributed by atoms with Crippen LogP contribution < -0.4 is 5.32 Å². The zero-order chi connectivity index (χ0) is 20.8. The molecular formula is C23H33N5. The molecule has 1 aliphatic heterocycles. The Morgan fingerprint density at radius 1 is 1.21 bits per heavy atom. The van der Waals surface area contributed by atoms with E-state index < -0.39 is 0 Å². The standard InChI is InChI=1S/C23H33N5/c1-16(2)28-14-13-25-23(28)20(6)19(5)17(3)15-18(4)26-21(7)27(8)22-9-11-24-12-10-22/h13-15,22,24H,1,4-6,9-12H2,2-3,7-8H3. The van der Waals surface area contributed by atoms with Gasteiger partial charge in [-0.1, -0.05) is 26.3 Å². The highest BCUT2D eigenvalue weighted by Crippen LogP contribution is 2.26. The van der Waals surface area contributed by atoms with Gasteiger partial charge in [0.15, 0.2) is 0 Å². The second-order valence-corrected chi connectivity index (χ2v) is 7.38. The Kier molecular flexibility index (Phi) is 7.35. The third-order valence-electron chi connectivity index (χ3n) is 5.22. The van der Waals surface area contributed by atoms with Crippen molar-refractivity contribution in [1.82, 2.24) is 19.8 Å². The fourth-order valence-electron chi connectivity index (χ4n) is 3.32. The molecule has 0 unspecified atom stereocenters. The van der Waals surface area contributed by atoms with Gasteiger partial charge in [-0.25, -0.2) is 9.98 Å². The van der Waals surface area contributed by atoms with Crippen molar-refractivity contribution < 1.29 is 0 Å². The summed E-state index contributed by atoms with van der Waals surface area (Å²) in [6.45, 7) is 24.5. The van der Waals surface area contributed by atoms with E-state index in [9.17, 15) is 0 Å². The second-order valence-electron chi connectivity index (χ2n) is 7.38. The van der Waals surface area contributed by atoms with E-state index in [1.165, 1.54) is 0 Å². The van der Waals surface area contributed by atoms with Crippen molar-refractivity contribution in [2.24, 2.45) is 4.99 Å². The second kappa shape index (κ2) is 9.51. The van der Waals surface area contributed by atoms with Crippen molar-refractivity contribution in [1.29, 1.82) is 0 Å². The average molecular weight is 380 g/mol. The third-order valence-corrected chi connectivity index (χ3v) is 5.22. The Morgan fingerprint density at radius 3 is 2.46 bits per heavy atom. The van der Waals surface area contributed by atoms with Gasteiger partial charge >= 0.3 is 0 Å². The smallest absolute Gasteiger partial charge is 0.144 e. The quantitative estimate of drug-likeness (QED) is 0.431. The SMILES string of the molecule is C=C(C=C(C)C(=C)C(=C)c1nccn1C(=C)C)N=C(C)N(C)C1CCNCC1. The maximum absolute atomic E-state index is 4.69. The normalized spacial score (nSPS) is 16.0. The zero-order valence-electron chi connectivity index (χ0n) is 17.8. The van der Waals surface area contributed by atoms with Crippen LogP contribution in [0, 0.1) is 0 Å². The summed E-state index contributed by atoms with van der Waals surface area (Å²) in [6, 6.07) is 0.527. The molecule has 0 saturated carbocycles. The van der Waals surface area contributed by atoms with E-state index in [-0.39, 0.29) is 0 Å². The van der Waals surface area contributed by atoms with Gasteiger partial charge in [-0.05, 0) is 63.9 Å². The summed E-state index contributed by atoms with van der Waals surface area (Å²) in [5.41, 5.74) is 4.13. The number of hydrogen-bond donors (Lipinski definition) is 1. The van der Waals surface area contributed by atoms with Gasteiger partial charge in [0.05, 0.1) is 5.70 Å². The Bertz CT molecular complexity index is 831. The molecule has 1 aliphatic rings. The van der Waals surface area contributed by atoms with Crippen LogP contribution in [0.15, 0.2) is 66.6 Å². The predicted octanol–water partition coefficient (Wildman–Crippen LogP) is 4.51. The molecule has 0 bridgehead atoms. The lowest BCUT2D eigenvalue weighted by Crippen LogP contribution is -2.43. The Labute approximate surface area is 169 Å². The largest absolute Gasteiger partial charge is 0.360 e. The van der Waals surface area contributed by atoms with Crippen molar-refractivity contribution in [2.75, 3.05) is 20.1 Å². The number of aromatic nitrogens is 2. The minimum absolute atomic E-state index is 0.527. The number of allylic oxidation sites excluding steroid dienone is 5. The van der Waals surface area contributed by atoms with Crippen LogP contribution >= 0.6 is 0 Å². The van der Waals surface area contributed by atoms with Gasteiger partial charge < -0.3 is 14.8 Å². The van der Waals surface area contributed by atoms with Crippen LogP contribution in [0.3, 0.4) is 0 Å². The summed E-state index contributed by atoms with van der Waals surface area (Å²) >= 11 is 0. The van der Waals surface area contributed by atoms with Crippen LogP contribution in [-0.4, -0.2) is 46.5 Å². The number of imidazole rings is 1. The lowest BCUT2D eigenvalue weighted by molar-refractivity contribution is 0.288. The molecule has 0 aromatic carbocycles. The molecule has 0 amide bonds. The fraction of sp³-hybridized carbons (Fsp3) is 0.391. The fourth-order valence-corrected chi connectivity index (χ4v) is 3.32. The van der Waals surface area contributed by atoms with Crippen molar-refractivity contribution >= 4 is 17.1 Å². The van der Waals surface area contributed by atoms with E-state index >= 15 is 0 Å². The van der Waals surface area contributed by atoms with Crippen molar-refractivity contribution in [2.45, 2.75) is 39.7 Å². The Morgan fingerprint density at radius 2 is 1.86 bits per heavy atom. The topological polar surface area (TPSA) is 45.5 Å². The monoisotopic (exact) mass is 379 g/mol. The minimum atomic E-state index is 0.527. The molecule has 0 aliphatic carbocycles. The van der Waals surface area contributed by atoms with Crippen LogP contribution in [-0.2, 0) is 0 Å². The molecule has 0 atom stereocenters. The molecular weight excluding hydrogens is 346 g/mol. The molecule has 1 saturated heterocycles. The van der Waals surface area contributed by atoms with E-state index in [1.54, 1.807) is 6.20 Å². The molecule has 1 aromatic heterocycles. The molecule has 1 aromatic rings. The van der Waals surface area contributed by atoms with Gasteiger partial charge in [-0.15, -0.1) is 0 Å². The summed E-state index contributed by atoms with van der Waals surface area (Å²) in [5.74, 6) is 1.73. The van der Waals surface area contributed by atoms with E-state index in [0.29, 0.717) is 11.7 Å². The lowest BCUT2D eigenvalue weighted by Gasteiger charge is -2.32. The first kappa shape index (κ1) is 21.6.